The second-order valence-electron chi connectivity index (χ2n) is 2.44. The first-order chi connectivity index (χ1) is 5.86. The van der Waals surface area contributed by atoms with Gasteiger partial charge in [0.05, 0.1) is 0 Å². The van der Waals surface area contributed by atoms with E-state index in [9.17, 15) is 0 Å². The molecule has 0 atom stereocenters. The number of benzene rings is 1. The van der Waals surface area contributed by atoms with E-state index in [1.165, 1.54) is 5.56 Å². The maximum atomic E-state index is 5.25. The third-order valence-electron chi connectivity index (χ3n) is 1.65. The zero-order valence-electron chi connectivity index (χ0n) is 7.41. The molecule has 1 rings (SSSR count). The molecule has 0 bridgehead atoms. The van der Waals surface area contributed by atoms with Gasteiger partial charge in [0.25, 0.3) is 0 Å². The van der Waals surface area contributed by atoms with Gasteiger partial charge in [0.15, 0.2) is 0 Å². The Kier molecular flexibility index (Phi) is 4.55. The number of rotatable bonds is 4. The van der Waals surface area contributed by atoms with Crippen molar-refractivity contribution in [1.29, 1.82) is 0 Å². The quantitative estimate of drug-likeness (QED) is 0.693. The zero-order valence-corrected chi connectivity index (χ0v) is 8.97. The van der Waals surface area contributed by atoms with Crippen molar-refractivity contribution in [2.45, 2.75) is 4.73 Å². The van der Waals surface area contributed by atoms with Crippen molar-refractivity contribution < 1.29 is 25.3 Å². The second kappa shape index (κ2) is 5.49. The molecule has 0 spiro atoms. The molecule has 12 heavy (non-hydrogen) atoms. The Morgan fingerprint density at radius 1 is 1.08 bits per heavy atom. The van der Waals surface area contributed by atoms with E-state index in [4.69, 9.17) is 6.64 Å². The van der Waals surface area contributed by atoms with Gasteiger partial charge in [-0.3, -0.25) is 0 Å². The molecule has 0 aromatic heterocycles. The molecule has 1 aromatic rings. The topological polar surface area (TPSA) is 18.5 Å². The fourth-order valence-electron chi connectivity index (χ4n) is 0.990. The molecule has 0 aliphatic heterocycles. The van der Waals surface area contributed by atoms with Gasteiger partial charge < -0.3 is 0 Å². The molecule has 0 aliphatic rings. The van der Waals surface area contributed by atoms with Gasteiger partial charge in [0.2, 0.25) is 0 Å². The molecule has 0 fully saturated rings. The van der Waals surface area contributed by atoms with Crippen LogP contribution in [0, 0.1) is 0 Å². The summed E-state index contributed by atoms with van der Waals surface area (Å²) in [6, 6.07) is 10.3. The number of hydrogen-bond acceptors (Lipinski definition) is 2. The van der Waals surface area contributed by atoms with Crippen LogP contribution in [0.5, 0.6) is 0 Å². The summed E-state index contributed by atoms with van der Waals surface area (Å²) in [6.45, 7) is 0. The minimum absolute atomic E-state index is 0.966. The monoisotopic (exact) mass is 201 g/mol. The zero-order chi connectivity index (χ0) is 8.81. The molecular weight excluding hydrogens is 188 g/mol. The Balaban J connectivity index is 2.51. The number of hydrogen-bond donors (Lipinski definition) is 0. The Morgan fingerprint density at radius 3 is 2.17 bits per heavy atom. The van der Waals surface area contributed by atoms with Crippen LogP contribution in [-0.2, 0) is 30.0 Å². The molecule has 0 aliphatic carbocycles. The summed E-state index contributed by atoms with van der Waals surface area (Å²) in [5, 5.41) is 0. The standard InChI is InChI=1S/C7H7.2CH3O.Ti/c1-7-5-3-2-4-6-7;2*1-2;/h2-6H,1H2;2*1H3;/q;2*-1;+2. The van der Waals surface area contributed by atoms with Gasteiger partial charge in [-0.05, 0) is 0 Å². The summed E-state index contributed by atoms with van der Waals surface area (Å²) in [5.74, 6) is 0. The van der Waals surface area contributed by atoms with Crippen molar-refractivity contribution in [2.75, 3.05) is 14.2 Å². The Bertz CT molecular complexity index is 209. The van der Waals surface area contributed by atoms with E-state index < -0.39 is 18.6 Å². The molecule has 3 heteroatoms. The predicted octanol–water partition coefficient (Wildman–Crippen LogP) is 1.93. The molecule has 0 saturated heterocycles. The van der Waals surface area contributed by atoms with Crippen LogP contribution in [0.25, 0.3) is 0 Å². The van der Waals surface area contributed by atoms with Gasteiger partial charge in [-0.2, -0.15) is 0 Å². The first-order valence-electron chi connectivity index (χ1n) is 3.84. The Morgan fingerprint density at radius 2 is 1.67 bits per heavy atom. The summed E-state index contributed by atoms with van der Waals surface area (Å²) in [4.78, 5) is 0. The average molecular weight is 201 g/mol. The van der Waals surface area contributed by atoms with Crippen LogP contribution >= 0.6 is 0 Å². The second-order valence-corrected chi connectivity index (χ2v) is 5.43. The molecule has 65 valence electrons. The molecule has 2 nitrogen and oxygen atoms in total. The molecule has 0 amide bonds. The first kappa shape index (κ1) is 9.94. The van der Waals surface area contributed by atoms with Crippen molar-refractivity contribution in [3.63, 3.8) is 0 Å². The van der Waals surface area contributed by atoms with Gasteiger partial charge in [-0.1, -0.05) is 0 Å². The van der Waals surface area contributed by atoms with Crippen LogP contribution in [-0.4, -0.2) is 14.2 Å². The fourth-order valence-corrected chi connectivity index (χ4v) is 2.59. The van der Waals surface area contributed by atoms with Crippen molar-refractivity contribution in [3.8, 4) is 0 Å². The summed E-state index contributed by atoms with van der Waals surface area (Å²) >= 11 is -1.68. The van der Waals surface area contributed by atoms with Crippen LogP contribution in [0.2, 0.25) is 0 Å². The van der Waals surface area contributed by atoms with E-state index >= 15 is 0 Å². The predicted molar refractivity (Wildman–Crippen MR) is 44.2 cm³/mol. The molecule has 0 radical (unpaired) electrons. The molecule has 0 N–H and O–H groups in total. The SMILES string of the molecule is C[O][Ti]([CH2]c1ccccc1)[O]C. The van der Waals surface area contributed by atoms with E-state index in [-0.39, 0.29) is 0 Å². The van der Waals surface area contributed by atoms with E-state index in [1.54, 1.807) is 14.2 Å². The van der Waals surface area contributed by atoms with Crippen molar-refractivity contribution in [3.05, 3.63) is 35.9 Å². The van der Waals surface area contributed by atoms with Gasteiger partial charge in [-0.25, -0.2) is 0 Å². The van der Waals surface area contributed by atoms with Gasteiger partial charge in [0.1, 0.15) is 0 Å². The first-order valence-corrected chi connectivity index (χ1v) is 6.22. The molecule has 0 unspecified atom stereocenters. The summed E-state index contributed by atoms with van der Waals surface area (Å²) in [6.07, 6.45) is 0. The molecule has 1 aromatic carbocycles. The fraction of sp³-hybridized carbons (Fsp3) is 0.333. The molecular formula is C9H13O2Ti. The van der Waals surface area contributed by atoms with Crippen LogP contribution in [0.4, 0.5) is 0 Å². The van der Waals surface area contributed by atoms with Crippen LogP contribution in [0.15, 0.2) is 30.3 Å². The average Bonchev–Trinajstić information content (AvgIpc) is 2.16. The van der Waals surface area contributed by atoms with Crippen LogP contribution < -0.4 is 0 Å². The van der Waals surface area contributed by atoms with E-state index in [2.05, 4.69) is 12.1 Å². The Hall–Kier alpha value is -0.146. The third kappa shape index (κ3) is 3.07. The van der Waals surface area contributed by atoms with Crippen LogP contribution in [0.3, 0.4) is 0 Å². The minimum atomic E-state index is -1.68. The summed E-state index contributed by atoms with van der Waals surface area (Å²) in [7, 11) is 3.45. The maximum absolute atomic E-state index is 5.25. The molecule has 0 heterocycles. The molecule has 0 saturated carbocycles. The van der Waals surface area contributed by atoms with Crippen LogP contribution in [0.1, 0.15) is 5.56 Å². The van der Waals surface area contributed by atoms with Gasteiger partial charge in [-0.15, -0.1) is 0 Å². The van der Waals surface area contributed by atoms with Crippen molar-refractivity contribution in [1.82, 2.24) is 0 Å². The summed E-state index contributed by atoms with van der Waals surface area (Å²) in [5.41, 5.74) is 1.30. The van der Waals surface area contributed by atoms with Gasteiger partial charge >= 0.3 is 80.1 Å². The van der Waals surface area contributed by atoms with Gasteiger partial charge in [0, 0.05) is 0 Å². The van der Waals surface area contributed by atoms with E-state index in [1.807, 2.05) is 18.2 Å². The van der Waals surface area contributed by atoms with E-state index in [0.29, 0.717) is 0 Å². The van der Waals surface area contributed by atoms with Crippen molar-refractivity contribution in [2.24, 2.45) is 0 Å². The van der Waals surface area contributed by atoms with Crippen molar-refractivity contribution >= 4 is 0 Å². The normalized spacial score (nSPS) is 9.83. The summed E-state index contributed by atoms with van der Waals surface area (Å²) < 4.78 is 11.5. The van der Waals surface area contributed by atoms with E-state index in [0.717, 1.165) is 4.73 Å². The third-order valence-corrected chi connectivity index (χ3v) is 4.16. The Labute approximate surface area is 80.3 Å².